The van der Waals surface area contributed by atoms with Crippen LogP contribution in [-0.2, 0) is 10.1 Å². The van der Waals surface area contributed by atoms with Crippen LogP contribution in [0.1, 0.15) is 130 Å². The van der Waals surface area contributed by atoms with E-state index in [1.165, 1.54) is 109 Å². The molecule has 0 N–H and O–H groups in total. The van der Waals surface area contributed by atoms with Crippen LogP contribution >= 0.6 is 0 Å². The molecule has 0 aliphatic rings. The normalized spacial score (nSPS) is 11.4. The first-order valence-corrected chi connectivity index (χ1v) is 15.6. The van der Waals surface area contributed by atoms with E-state index in [2.05, 4.69) is 27.7 Å². The monoisotopic (exact) mass is 464 g/mol. The van der Waals surface area contributed by atoms with Crippen LogP contribution in [0.4, 0.5) is 0 Å². The van der Waals surface area contributed by atoms with E-state index in [4.69, 9.17) is 0 Å². The van der Waals surface area contributed by atoms with Gasteiger partial charge in [-0.25, -0.2) is 8.42 Å². The van der Waals surface area contributed by atoms with Gasteiger partial charge in [-0.3, -0.25) is 0 Å². The summed E-state index contributed by atoms with van der Waals surface area (Å²) in [6, 6.07) is 0. The number of hydrogen-bond donors (Lipinski definition) is 0. The van der Waals surface area contributed by atoms with Crippen LogP contribution in [0, 0.1) is 11.8 Å². The summed E-state index contributed by atoms with van der Waals surface area (Å²) in [7, 11) is -3.99. The van der Waals surface area contributed by atoms with E-state index in [-0.39, 0.29) is 35.3 Å². The van der Waals surface area contributed by atoms with Gasteiger partial charge in [0.1, 0.15) is 0 Å². The zero-order valence-corrected chi connectivity index (χ0v) is 26.3. The van der Waals surface area contributed by atoms with Crippen molar-refractivity contribution in [1.29, 1.82) is 0 Å². The molecule has 0 unspecified atom stereocenters. The van der Waals surface area contributed by atoms with Gasteiger partial charge in [0, 0.05) is 5.75 Å². The van der Waals surface area contributed by atoms with Crippen molar-refractivity contribution in [2.75, 3.05) is 5.75 Å². The van der Waals surface area contributed by atoms with Gasteiger partial charge in [-0.15, -0.1) is 0 Å². The van der Waals surface area contributed by atoms with Gasteiger partial charge in [-0.2, -0.15) is 0 Å². The second kappa shape index (κ2) is 27.2. The Labute approximate surface area is 230 Å². The van der Waals surface area contributed by atoms with Gasteiger partial charge < -0.3 is 4.55 Å². The van der Waals surface area contributed by atoms with Crippen LogP contribution < -0.4 is 29.6 Å². The maximum absolute atomic E-state index is 10.3. The van der Waals surface area contributed by atoms with Crippen molar-refractivity contribution in [1.82, 2.24) is 0 Å². The van der Waals surface area contributed by atoms with Crippen molar-refractivity contribution in [3.63, 3.8) is 0 Å². The number of hydrogen-bond acceptors (Lipinski definition) is 3. The smallest absolute Gasteiger partial charge is 1.00 e. The molecule has 0 saturated heterocycles. The van der Waals surface area contributed by atoms with E-state index < -0.39 is 10.1 Å². The van der Waals surface area contributed by atoms with E-state index in [1.807, 2.05) is 0 Å². The summed E-state index contributed by atoms with van der Waals surface area (Å²) in [6.45, 7) is 9.13. The van der Waals surface area contributed by atoms with Crippen LogP contribution in [0.5, 0.6) is 0 Å². The van der Waals surface area contributed by atoms with Crippen molar-refractivity contribution in [2.45, 2.75) is 134 Å². The third kappa shape index (κ3) is 40.3. The fraction of sp³-hybridized carbons (Fsp3) is 1.00. The Morgan fingerprint density at radius 3 is 1.20 bits per heavy atom. The number of unbranched alkanes of at least 4 members (excludes halogenated alkanes) is 12. The minimum Gasteiger partial charge on any atom is 1.00 e. The molecule has 0 bridgehead atoms. The maximum atomic E-state index is 10.3. The Bertz CT molecular complexity index is 413. The van der Waals surface area contributed by atoms with Crippen molar-refractivity contribution in [2.24, 2.45) is 11.8 Å². The summed E-state index contributed by atoms with van der Waals surface area (Å²) >= 11 is 1.41. The maximum Gasteiger partial charge on any atom is 1.00 e. The summed E-state index contributed by atoms with van der Waals surface area (Å²) in [5, 5.41) is 0. The molecule has 6 heteroatoms. The molecule has 0 aromatic heterocycles. The van der Waals surface area contributed by atoms with Gasteiger partial charge in [0.25, 0.3) is 0 Å². The van der Waals surface area contributed by atoms with E-state index in [1.54, 1.807) is 0 Å². The molecule has 0 aromatic carbocycles. The minimum absolute atomic E-state index is 0. The van der Waals surface area contributed by atoms with Gasteiger partial charge in [0.2, 0.25) is 0 Å². The fourth-order valence-corrected chi connectivity index (χ4v) is 4.46. The van der Waals surface area contributed by atoms with Crippen molar-refractivity contribution >= 4 is 38.0 Å². The van der Waals surface area contributed by atoms with Crippen molar-refractivity contribution in [3.8, 4) is 0 Å². The second-order valence-corrected chi connectivity index (χ2v) is 12.1. The zero-order chi connectivity index (χ0) is 22.4. The zero-order valence-electron chi connectivity index (χ0n) is 21.5. The molecular weight excluding hydrogens is 414 g/mol. The molecule has 0 saturated carbocycles. The van der Waals surface area contributed by atoms with Crippen LogP contribution in [0.2, 0.25) is 3.67 Å². The molecule has 3 nitrogen and oxygen atoms in total. The molecule has 0 aliphatic heterocycles. The Kier molecular flexibility index (Phi) is 33.0. The molecule has 0 amide bonds. The first kappa shape index (κ1) is 36.5. The van der Waals surface area contributed by atoms with Gasteiger partial charge in [0.15, 0.2) is 0 Å². The molecule has 0 aromatic rings. The molecule has 0 aliphatic carbocycles. The van der Waals surface area contributed by atoms with Crippen LogP contribution in [0.25, 0.3) is 0 Å². The van der Waals surface area contributed by atoms with E-state index in [0.717, 1.165) is 31.1 Å². The largest absolute Gasteiger partial charge is 1.00 e. The van der Waals surface area contributed by atoms with E-state index >= 15 is 0 Å². The molecule has 0 spiro atoms. The van der Waals surface area contributed by atoms with Crippen molar-refractivity contribution in [3.05, 3.63) is 0 Å². The first-order chi connectivity index (χ1) is 13.7. The van der Waals surface area contributed by atoms with Crippen molar-refractivity contribution < 1.29 is 42.5 Å². The average Bonchev–Trinajstić information content (AvgIpc) is 2.61. The summed E-state index contributed by atoms with van der Waals surface area (Å²) in [6.07, 6.45) is 20.5. The molecule has 0 rings (SSSR count). The summed E-state index contributed by atoms with van der Waals surface area (Å²) in [5.41, 5.74) is 0. The molecule has 172 valence electrons. The van der Waals surface area contributed by atoms with Crippen LogP contribution in [0.3, 0.4) is 0 Å². The second-order valence-electron chi connectivity index (χ2n) is 9.58. The minimum atomic E-state index is -3.99. The quantitative estimate of drug-likeness (QED) is 0.159. The third-order valence-electron chi connectivity index (χ3n) is 5.31. The SMILES string of the molecule is CC(C)CCCCCCCCCS(=O)(=O)[O-].CC(C)CCCCCCCC[CH2][Na].[Na+]. The van der Waals surface area contributed by atoms with Gasteiger partial charge in [-0.05, 0) is 12.3 Å². The molecule has 30 heavy (non-hydrogen) atoms. The van der Waals surface area contributed by atoms with Crippen LogP contribution in [-0.4, -0.2) is 46.7 Å². The summed E-state index contributed by atoms with van der Waals surface area (Å²) in [5.74, 6) is 1.51. The fourth-order valence-electron chi connectivity index (χ4n) is 3.40. The average molecular weight is 465 g/mol. The molecule has 0 atom stereocenters. The summed E-state index contributed by atoms with van der Waals surface area (Å²) < 4.78 is 32.4. The Morgan fingerprint density at radius 1 is 0.600 bits per heavy atom. The third-order valence-corrected chi connectivity index (χ3v) is 6.81. The Hall–Kier alpha value is 1.91. The molecule has 0 radical (unpaired) electrons. The van der Waals surface area contributed by atoms with Gasteiger partial charge in [-0.1, -0.05) is 58.8 Å². The Balaban J connectivity index is -0.000000480. The van der Waals surface area contributed by atoms with E-state index in [0.29, 0.717) is 6.42 Å². The standard InChI is InChI=1S/C12H26O3S.C12H25.2Na/c1-12(2)10-8-6-4-3-5-7-9-11-16(13,14)15;1-4-5-6-7-8-9-10-11-12(2)3;;/h12H,3-11H2,1-2H3,(H,13,14,15);12H,1,4-11H2,2-3H3;;/q;;;+1/p-1. The predicted molar refractivity (Wildman–Crippen MR) is 129 cm³/mol. The Morgan fingerprint density at radius 2 is 0.900 bits per heavy atom. The predicted octanol–water partition coefficient (Wildman–Crippen LogP) is 4.66. The summed E-state index contributed by atoms with van der Waals surface area (Å²) in [4.78, 5) is 0. The van der Waals surface area contributed by atoms with Gasteiger partial charge in [0.05, 0.1) is 10.1 Å². The van der Waals surface area contributed by atoms with Crippen LogP contribution in [0.15, 0.2) is 0 Å². The first-order valence-electron chi connectivity index (χ1n) is 12.6. The topological polar surface area (TPSA) is 57.2 Å². The molecule has 0 heterocycles. The molecular formula is C24H50Na2O3S. The number of rotatable bonds is 19. The molecule has 0 fully saturated rings. The van der Waals surface area contributed by atoms with E-state index in [9.17, 15) is 13.0 Å². The van der Waals surface area contributed by atoms with Gasteiger partial charge >= 0.3 is 132 Å².